The molecule has 1 atom stereocenters. The van der Waals surface area contributed by atoms with Gasteiger partial charge in [0.2, 0.25) is 11.8 Å². The molecule has 124 valence electrons. The van der Waals surface area contributed by atoms with Crippen molar-refractivity contribution in [2.24, 2.45) is 0 Å². The summed E-state index contributed by atoms with van der Waals surface area (Å²) in [5.41, 5.74) is 1.99. The van der Waals surface area contributed by atoms with Crippen molar-refractivity contribution in [1.82, 2.24) is 10.2 Å². The summed E-state index contributed by atoms with van der Waals surface area (Å²) in [4.78, 5) is 25.9. The van der Waals surface area contributed by atoms with Crippen LogP contribution in [-0.2, 0) is 16.1 Å². The van der Waals surface area contributed by atoms with Crippen LogP contribution in [0.5, 0.6) is 0 Å². The molecular weight excluding hydrogens is 300 g/mol. The molecule has 0 radical (unpaired) electrons. The average Bonchev–Trinajstić information content (AvgIpc) is 2.61. The predicted molar refractivity (Wildman–Crippen MR) is 96.0 cm³/mol. The van der Waals surface area contributed by atoms with Gasteiger partial charge in [0.1, 0.15) is 6.04 Å². The van der Waals surface area contributed by atoms with Gasteiger partial charge in [-0.25, -0.2) is 0 Å². The Hall–Kier alpha value is -2.88. The van der Waals surface area contributed by atoms with Gasteiger partial charge in [-0.05, 0) is 24.1 Å². The summed E-state index contributed by atoms with van der Waals surface area (Å²) in [7, 11) is 1.73. The second-order valence-corrected chi connectivity index (χ2v) is 5.65. The highest BCUT2D eigenvalue weighted by Crippen LogP contribution is 2.05. The molecule has 0 fully saturated rings. The molecule has 4 nitrogen and oxygen atoms in total. The summed E-state index contributed by atoms with van der Waals surface area (Å²) in [5.74, 6) is -0.409. The summed E-state index contributed by atoms with van der Waals surface area (Å²) in [6.07, 6.45) is 3.16. The van der Waals surface area contributed by atoms with Crippen LogP contribution in [0.25, 0.3) is 6.08 Å². The zero-order valence-corrected chi connectivity index (χ0v) is 14.0. The zero-order chi connectivity index (χ0) is 17.4. The molecule has 1 unspecified atom stereocenters. The van der Waals surface area contributed by atoms with Crippen molar-refractivity contribution in [1.29, 1.82) is 0 Å². The third-order valence-electron chi connectivity index (χ3n) is 3.59. The van der Waals surface area contributed by atoms with Crippen LogP contribution in [0.2, 0.25) is 0 Å². The van der Waals surface area contributed by atoms with Gasteiger partial charge in [0, 0.05) is 19.7 Å². The van der Waals surface area contributed by atoms with E-state index in [-0.39, 0.29) is 11.8 Å². The molecule has 2 aromatic carbocycles. The van der Waals surface area contributed by atoms with Gasteiger partial charge in [-0.3, -0.25) is 9.59 Å². The van der Waals surface area contributed by atoms with Crippen molar-refractivity contribution in [3.8, 4) is 0 Å². The van der Waals surface area contributed by atoms with E-state index in [1.54, 1.807) is 24.9 Å². The standard InChI is InChI=1S/C20H22N2O2/c1-16(20(24)22(2)15-18-11-7-4-8-12-18)21-19(23)14-13-17-9-5-3-6-10-17/h3-14,16H,15H2,1-2H3,(H,21,23). The van der Waals surface area contributed by atoms with Gasteiger partial charge in [-0.15, -0.1) is 0 Å². The molecule has 0 saturated heterocycles. The van der Waals surface area contributed by atoms with Gasteiger partial charge in [0.25, 0.3) is 0 Å². The Labute approximate surface area is 142 Å². The molecule has 4 heteroatoms. The molecule has 2 rings (SSSR count). The Morgan fingerprint density at radius 3 is 2.25 bits per heavy atom. The Balaban J connectivity index is 1.86. The lowest BCUT2D eigenvalue weighted by Gasteiger charge is -2.21. The molecule has 1 N–H and O–H groups in total. The number of nitrogens with zero attached hydrogens (tertiary/aromatic N) is 1. The topological polar surface area (TPSA) is 49.4 Å². The summed E-state index contributed by atoms with van der Waals surface area (Å²) < 4.78 is 0. The summed E-state index contributed by atoms with van der Waals surface area (Å²) >= 11 is 0. The van der Waals surface area contributed by atoms with Crippen LogP contribution in [0.3, 0.4) is 0 Å². The molecule has 0 saturated carbocycles. The van der Waals surface area contributed by atoms with Gasteiger partial charge < -0.3 is 10.2 Å². The normalized spacial score (nSPS) is 11.9. The maximum atomic E-state index is 12.3. The van der Waals surface area contributed by atoms with Crippen molar-refractivity contribution >= 4 is 17.9 Å². The highest BCUT2D eigenvalue weighted by atomic mass is 16.2. The first-order valence-electron chi connectivity index (χ1n) is 7.89. The molecule has 0 aliphatic heterocycles. The Morgan fingerprint density at radius 2 is 1.62 bits per heavy atom. The predicted octanol–water partition coefficient (Wildman–Crippen LogP) is 2.86. The third-order valence-corrected chi connectivity index (χ3v) is 3.59. The monoisotopic (exact) mass is 322 g/mol. The van der Waals surface area contributed by atoms with Crippen molar-refractivity contribution < 1.29 is 9.59 Å². The molecule has 0 aliphatic carbocycles. The van der Waals surface area contributed by atoms with Crippen LogP contribution in [0.15, 0.2) is 66.7 Å². The Bertz CT molecular complexity index is 696. The summed E-state index contributed by atoms with van der Waals surface area (Å²) in [5, 5.41) is 2.70. The molecule has 0 heterocycles. The van der Waals surface area contributed by atoms with E-state index in [0.717, 1.165) is 11.1 Å². The lowest BCUT2D eigenvalue weighted by molar-refractivity contribution is -0.134. The van der Waals surface area contributed by atoms with E-state index in [1.165, 1.54) is 6.08 Å². The first-order chi connectivity index (χ1) is 11.6. The molecule has 0 aliphatic rings. The number of likely N-dealkylation sites (N-methyl/N-ethyl adjacent to an activating group) is 1. The number of nitrogens with one attached hydrogen (secondary N) is 1. The minimum absolute atomic E-state index is 0.125. The van der Waals surface area contributed by atoms with E-state index in [9.17, 15) is 9.59 Å². The van der Waals surface area contributed by atoms with Gasteiger partial charge in [-0.1, -0.05) is 60.7 Å². The summed E-state index contributed by atoms with van der Waals surface area (Å²) in [6.45, 7) is 2.21. The van der Waals surface area contributed by atoms with Crippen LogP contribution in [0.1, 0.15) is 18.1 Å². The van der Waals surface area contributed by atoms with E-state index in [0.29, 0.717) is 6.54 Å². The Kier molecular flexibility index (Phi) is 6.32. The van der Waals surface area contributed by atoms with E-state index < -0.39 is 6.04 Å². The molecule has 2 amide bonds. The van der Waals surface area contributed by atoms with E-state index in [1.807, 2.05) is 60.7 Å². The highest BCUT2D eigenvalue weighted by molar-refractivity contribution is 5.95. The molecular formula is C20H22N2O2. The maximum Gasteiger partial charge on any atom is 0.244 e. The van der Waals surface area contributed by atoms with Crippen LogP contribution in [-0.4, -0.2) is 29.8 Å². The number of carbonyl (C=O) groups excluding carboxylic acids is 2. The number of carbonyl (C=O) groups is 2. The quantitative estimate of drug-likeness (QED) is 0.832. The molecule has 0 bridgehead atoms. The minimum atomic E-state index is -0.577. The van der Waals surface area contributed by atoms with E-state index >= 15 is 0 Å². The van der Waals surface area contributed by atoms with Crippen molar-refractivity contribution in [2.75, 3.05) is 7.05 Å². The fourth-order valence-corrected chi connectivity index (χ4v) is 2.33. The van der Waals surface area contributed by atoms with Crippen LogP contribution < -0.4 is 5.32 Å². The van der Waals surface area contributed by atoms with Gasteiger partial charge in [0.15, 0.2) is 0 Å². The van der Waals surface area contributed by atoms with Gasteiger partial charge in [0.05, 0.1) is 0 Å². The number of rotatable bonds is 6. The number of benzene rings is 2. The second kappa shape index (κ2) is 8.67. The van der Waals surface area contributed by atoms with Crippen LogP contribution in [0, 0.1) is 0 Å². The largest absolute Gasteiger partial charge is 0.341 e. The van der Waals surface area contributed by atoms with Crippen LogP contribution >= 0.6 is 0 Å². The lowest BCUT2D eigenvalue weighted by Crippen LogP contribution is -2.44. The number of hydrogen-bond acceptors (Lipinski definition) is 2. The molecule has 2 aromatic rings. The maximum absolute atomic E-state index is 12.3. The first kappa shape index (κ1) is 17.5. The SMILES string of the molecule is CC(NC(=O)C=Cc1ccccc1)C(=O)N(C)Cc1ccccc1. The minimum Gasteiger partial charge on any atom is -0.341 e. The van der Waals surface area contributed by atoms with Crippen molar-refractivity contribution in [2.45, 2.75) is 19.5 Å². The number of amides is 2. The van der Waals surface area contributed by atoms with Gasteiger partial charge in [-0.2, -0.15) is 0 Å². The Morgan fingerprint density at radius 1 is 1.04 bits per heavy atom. The van der Waals surface area contributed by atoms with E-state index in [2.05, 4.69) is 5.32 Å². The molecule has 24 heavy (non-hydrogen) atoms. The van der Waals surface area contributed by atoms with Crippen molar-refractivity contribution in [3.63, 3.8) is 0 Å². The number of hydrogen-bond donors (Lipinski definition) is 1. The average molecular weight is 322 g/mol. The second-order valence-electron chi connectivity index (χ2n) is 5.65. The zero-order valence-electron chi connectivity index (χ0n) is 14.0. The fourth-order valence-electron chi connectivity index (χ4n) is 2.33. The summed E-state index contributed by atoms with van der Waals surface area (Å²) in [6, 6.07) is 18.7. The van der Waals surface area contributed by atoms with Crippen molar-refractivity contribution in [3.05, 3.63) is 77.9 Å². The highest BCUT2D eigenvalue weighted by Gasteiger charge is 2.18. The van der Waals surface area contributed by atoms with Crippen LogP contribution in [0.4, 0.5) is 0 Å². The fraction of sp³-hybridized carbons (Fsp3) is 0.200. The molecule has 0 spiro atoms. The smallest absolute Gasteiger partial charge is 0.244 e. The van der Waals surface area contributed by atoms with Gasteiger partial charge >= 0.3 is 0 Å². The molecule has 0 aromatic heterocycles. The lowest BCUT2D eigenvalue weighted by atomic mass is 10.2. The third kappa shape index (κ3) is 5.39. The van der Waals surface area contributed by atoms with E-state index in [4.69, 9.17) is 0 Å². The first-order valence-corrected chi connectivity index (χ1v) is 7.89.